The number of nitrogens with zero attached hydrogens (tertiary/aromatic N) is 2. The summed E-state index contributed by atoms with van der Waals surface area (Å²) in [6.07, 6.45) is 0. The quantitative estimate of drug-likeness (QED) is 0.493. The number of aliphatic hydroxyl groups excluding tert-OH is 1. The average molecular weight is 337 g/mol. The van der Waals surface area contributed by atoms with Crippen LogP contribution in [0.4, 0.5) is 4.39 Å². The van der Waals surface area contributed by atoms with Crippen LogP contribution < -0.4 is 4.90 Å². The topological polar surface area (TPSA) is 77.1 Å². The zero-order chi connectivity index (χ0) is 17.8. The van der Waals surface area contributed by atoms with Gasteiger partial charge in [0.25, 0.3) is 0 Å². The van der Waals surface area contributed by atoms with Crippen LogP contribution in [0.15, 0.2) is 54.3 Å². The lowest BCUT2D eigenvalue weighted by atomic mass is 10.2. The van der Waals surface area contributed by atoms with Crippen molar-refractivity contribution in [3.05, 3.63) is 71.5 Å². The minimum atomic E-state index is -0.277. The molecule has 5 nitrogen and oxygen atoms in total. The molecule has 0 spiro atoms. The molecule has 0 aliphatic heterocycles. The van der Waals surface area contributed by atoms with Gasteiger partial charge in [0.15, 0.2) is 11.6 Å². The fourth-order valence-electron chi connectivity index (χ4n) is 2.71. The van der Waals surface area contributed by atoms with Crippen molar-refractivity contribution in [3.63, 3.8) is 0 Å². The molecule has 0 fully saturated rings. The number of halogens is 1. The van der Waals surface area contributed by atoms with Crippen molar-refractivity contribution in [3.8, 4) is 6.07 Å². The number of benzene rings is 2. The number of nitrogens with one attached hydrogen (secondary N) is 2. The minimum absolute atomic E-state index is 0.0267. The zero-order valence-corrected chi connectivity index (χ0v) is 13.8. The Labute approximate surface area is 144 Å². The van der Waals surface area contributed by atoms with Crippen molar-refractivity contribution in [2.75, 3.05) is 13.6 Å². The van der Waals surface area contributed by atoms with E-state index >= 15 is 0 Å². The third-order valence-corrected chi connectivity index (χ3v) is 3.91. The van der Waals surface area contributed by atoms with Crippen LogP contribution in [0.1, 0.15) is 11.4 Å². The highest BCUT2D eigenvalue weighted by Crippen LogP contribution is 2.18. The molecule has 1 aromatic heterocycles. The molecule has 0 aliphatic carbocycles. The van der Waals surface area contributed by atoms with E-state index in [0.29, 0.717) is 12.4 Å². The van der Waals surface area contributed by atoms with Gasteiger partial charge in [0.05, 0.1) is 18.1 Å². The van der Waals surface area contributed by atoms with Gasteiger partial charge in [-0.25, -0.2) is 9.37 Å². The van der Waals surface area contributed by atoms with Gasteiger partial charge in [-0.1, -0.05) is 24.3 Å². The van der Waals surface area contributed by atoms with Gasteiger partial charge in [-0.15, -0.1) is 0 Å². The summed E-state index contributed by atoms with van der Waals surface area (Å²) < 4.78 is 13.0. The number of aromatic amines is 1. The number of fused-ring (bicyclic) bond motifs is 1. The van der Waals surface area contributed by atoms with Crippen LogP contribution in [0.25, 0.3) is 16.6 Å². The number of hydrogen-bond donors (Lipinski definition) is 3. The lowest BCUT2D eigenvalue weighted by Gasteiger charge is -2.14. The number of allylic oxidation sites excluding steroid dienone is 1. The number of aliphatic hydroxyl groups is 1. The first-order valence-electron chi connectivity index (χ1n) is 7.90. The summed E-state index contributed by atoms with van der Waals surface area (Å²) in [5.74, 6) is 0.0535. The smallest absolute Gasteiger partial charge is 0.169 e. The Hall–Kier alpha value is -3.17. The minimum Gasteiger partial charge on any atom is -0.506 e. The van der Waals surface area contributed by atoms with Gasteiger partial charge in [0.2, 0.25) is 0 Å². The van der Waals surface area contributed by atoms with Crippen LogP contribution >= 0.6 is 0 Å². The molecule has 1 heterocycles. The van der Waals surface area contributed by atoms with Crippen LogP contribution in [0.2, 0.25) is 0 Å². The van der Waals surface area contributed by atoms with Crippen LogP contribution in [-0.4, -0.2) is 28.7 Å². The van der Waals surface area contributed by atoms with Gasteiger partial charge in [-0.3, -0.25) is 0 Å². The largest absolute Gasteiger partial charge is 0.506 e. The molecular formula is C19H18FN4O+. The van der Waals surface area contributed by atoms with Crippen molar-refractivity contribution in [1.29, 1.82) is 5.26 Å². The van der Waals surface area contributed by atoms with Crippen LogP contribution in [0.3, 0.4) is 0 Å². The molecule has 1 atom stereocenters. The molecule has 0 aliphatic rings. The number of H-pyrrole nitrogens is 1. The Bertz CT molecular complexity index is 920. The first-order chi connectivity index (χ1) is 12.1. The van der Waals surface area contributed by atoms with Crippen molar-refractivity contribution < 1.29 is 14.4 Å². The molecule has 0 saturated carbocycles. The Morgan fingerprint density at radius 1 is 1.24 bits per heavy atom. The van der Waals surface area contributed by atoms with Crippen molar-refractivity contribution in [1.82, 2.24) is 9.97 Å². The first kappa shape index (κ1) is 16.7. The van der Waals surface area contributed by atoms with E-state index in [1.807, 2.05) is 37.4 Å². The third-order valence-electron chi connectivity index (χ3n) is 3.91. The Balaban J connectivity index is 1.79. The van der Waals surface area contributed by atoms with Crippen LogP contribution in [0.5, 0.6) is 0 Å². The SMILES string of the molecule is C[NH+](C/C(O)=C(\C#N)c1nc2ccccc2[nH]1)Cc1ccc(F)cc1. The van der Waals surface area contributed by atoms with Gasteiger partial charge in [0, 0.05) is 5.56 Å². The predicted octanol–water partition coefficient (Wildman–Crippen LogP) is 2.21. The number of imidazole rings is 1. The molecule has 6 heteroatoms. The Morgan fingerprint density at radius 2 is 1.96 bits per heavy atom. The summed E-state index contributed by atoms with van der Waals surface area (Å²) in [7, 11) is 1.90. The number of hydrogen-bond acceptors (Lipinski definition) is 3. The first-order valence-corrected chi connectivity index (χ1v) is 7.90. The molecule has 0 bridgehead atoms. The molecule has 2 aromatic carbocycles. The van der Waals surface area contributed by atoms with E-state index in [1.165, 1.54) is 12.1 Å². The second-order valence-electron chi connectivity index (χ2n) is 5.97. The van der Waals surface area contributed by atoms with Crippen LogP contribution in [0, 0.1) is 17.1 Å². The lowest BCUT2D eigenvalue weighted by molar-refractivity contribution is -0.890. The molecule has 3 aromatic rings. The van der Waals surface area contributed by atoms with E-state index in [9.17, 15) is 14.8 Å². The van der Waals surface area contributed by atoms with Gasteiger partial charge < -0.3 is 15.0 Å². The normalized spacial score (nSPS) is 13.3. The summed E-state index contributed by atoms with van der Waals surface area (Å²) in [6, 6.07) is 15.7. The molecule has 126 valence electrons. The molecule has 0 saturated heterocycles. The van der Waals surface area contributed by atoms with E-state index in [1.54, 1.807) is 12.1 Å². The molecule has 3 rings (SSSR count). The summed E-state index contributed by atoms with van der Waals surface area (Å²) >= 11 is 0. The van der Waals surface area contributed by atoms with E-state index in [4.69, 9.17) is 0 Å². The predicted molar refractivity (Wildman–Crippen MR) is 93.1 cm³/mol. The number of aromatic nitrogens is 2. The zero-order valence-electron chi connectivity index (χ0n) is 13.8. The number of rotatable bonds is 5. The number of para-hydroxylation sites is 2. The highest BCUT2D eigenvalue weighted by Gasteiger charge is 2.16. The fraction of sp³-hybridized carbons (Fsp3) is 0.158. The van der Waals surface area contributed by atoms with Gasteiger partial charge in [-0.2, -0.15) is 5.26 Å². The van der Waals surface area contributed by atoms with E-state index in [2.05, 4.69) is 9.97 Å². The summed E-state index contributed by atoms with van der Waals surface area (Å²) in [5.41, 5.74) is 2.64. The van der Waals surface area contributed by atoms with E-state index in [-0.39, 0.29) is 23.7 Å². The van der Waals surface area contributed by atoms with Gasteiger partial charge >= 0.3 is 0 Å². The Morgan fingerprint density at radius 3 is 2.64 bits per heavy atom. The maximum Gasteiger partial charge on any atom is 0.169 e. The second kappa shape index (κ2) is 7.16. The molecule has 3 N–H and O–H groups in total. The number of quaternary nitrogens is 1. The molecule has 1 unspecified atom stereocenters. The van der Waals surface area contributed by atoms with Gasteiger partial charge in [0.1, 0.15) is 30.5 Å². The summed E-state index contributed by atoms with van der Waals surface area (Å²) in [5, 5.41) is 19.8. The third kappa shape index (κ3) is 3.84. The van der Waals surface area contributed by atoms with Crippen molar-refractivity contribution >= 4 is 16.6 Å². The maximum atomic E-state index is 13.0. The number of likely N-dealkylation sites (N-methyl/N-ethyl adjacent to an activating group) is 1. The van der Waals surface area contributed by atoms with Crippen molar-refractivity contribution in [2.45, 2.75) is 6.54 Å². The molecule has 0 radical (unpaired) electrons. The summed E-state index contributed by atoms with van der Waals surface area (Å²) in [4.78, 5) is 8.38. The Kier molecular flexibility index (Phi) is 4.78. The van der Waals surface area contributed by atoms with Crippen molar-refractivity contribution in [2.24, 2.45) is 0 Å². The van der Waals surface area contributed by atoms with Crippen LogP contribution in [-0.2, 0) is 6.54 Å². The maximum absolute atomic E-state index is 13.0. The monoisotopic (exact) mass is 337 g/mol. The summed E-state index contributed by atoms with van der Waals surface area (Å²) in [6.45, 7) is 0.862. The highest BCUT2D eigenvalue weighted by molar-refractivity contribution is 5.82. The standard InChI is InChI=1S/C19H17FN4O/c1-24(11-13-6-8-14(20)9-7-13)12-18(25)15(10-21)19-22-16-4-2-3-5-17(16)23-19/h2-9,25H,11-12H2,1H3,(H,22,23)/p+1/b18-15-. The van der Waals surface area contributed by atoms with E-state index < -0.39 is 0 Å². The fourth-order valence-corrected chi connectivity index (χ4v) is 2.71. The van der Waals surface area contributed by atoms with E-state index in [0.717, 1.165) is 21.5 Å². The number of nitriles is 1. The average Bonchev–Trinajstić information content (AvgIpc) is 3.01. The van der Waals surface area contributed by atoms with Gasteiger partial charge in [-0.05, 0) is 24.3 Å². The molecular weight excluding hydrogens is 319 g/mol. The molecule has 25 heavy (non-hydrogen) atoms. The molecule has 0 amide bonds. The lowest BCUT2D eigenvalue weighted by Crippen LogP contribution is -3.07. The highest BCUT2D eigenvalue weighted by atomic mass is 19.1. The second-order valence-corrected chi connectivity index (χ2v) is 5.97.